The van der Waals surface area contributed by atoms with Crippen LogP contribution >= 0.6 is 15.9 Å². The first-order valence-corrected chi connectivity index (χ1v) is 8.17. The fourth-order valence-electron chi connectivity index (χ4n) is 2.88. The summed E-state index contributed by atoms with van der Waals surface area (Å²) in [5, 5.41) is 0. The van der Waals surface area contributed by atoms with Gasteiger partial charge < -0.3 is 4.90 Å². The Morgan fingerprint density at radius 1 is 1.17 bits per heavy atom. The van der Waals surface area contributed by atoms with Crippen LogP contribution in [0.1, 0.15) is 24.0 Å². The van der Waals surface area contributed by atoms with Crippen LogP contribution in [0, 0.1) is 11.6 Å². The average Bonchev–Trinajstić information content (AvgIpc) is 3.32. The van der Waals surface area contributed by atoms with Crippen molar-refractivity contribution in [2.75, 3.05) is 7.05 Å². The highest BCUT2D eigenvalue weighted by atomic mass is 79.9. The van der Waals surface area contributed by atoms with Gasteiger partial charge in [0, 0.05) is 23.6 Å². The molecule has 0 atom stereocenters. The van der Waals surface area contributed by atoms with E-state index >= 15 is 0 Å². The van der Waals surface area contributed by atoms with Gasteiger partial charge >= 0.3 is 0 Å². The lowest BCUT2D eigenvalue weighted by Gasteiger charge is -2.24. The van der Waals surface area contributed by atoms with Gasteiger partial charge in [-0.3, -0.25) is 4.79 Å². The molecule has 1 amide bonds. The zero-order chi connectivity index (χ0) is 16.6. The van der Waals surface area contributed by atoms with Gasteiger partial charge in [-0.25, -0.2) is 8.78 Å². The van der Waals surface area contributed by atoms with Crippen LogP contribution in [0.4, 0.5) is 8.78 Å². The predicted octanol–water partition coefficient (Wildman–Crippen LogP) is 4.42. The Morgan fingerprint density at radius 2 is 1.83 bits per heavy atom. The zero-order valence-corrected chi connectivity index (χ0v) is 14.2. The van der Waals surface area contributed by atoms with Crippen LogP contribution in [0.5, 0.6) is 0 Å². The number of carbonyl (C=O) groups excluding carboxylic acids is 1. The molecule has 1 fully saturated rings. The predicted molar refractivity (Wildman–Crippen MR) is 87.9 cm³/mol. The first-order chi connectivity index (χ1) is 10.9. The number of halogens is 3. The third kappa shape index (κ3) is 3.15. The van der Waals surface area contributed by atoms with Crippen LogP contribution in [0.2, 0.25) is 0 Å². The van der Waals surface area contributed by atoms with E-state index in [-0.39, 0.29) is 24.1 Å². The molecule has 1 saturated carbocycles. The fourth-order valence-corrected chi connectivity index (χ4v) is 3.29. The molecule has 3 rings (SSSR count). The Morgan fingerprint density at radius 3 is 2.43 bits per heavy atom. The normalized spacial score (nSPS) is 15.3. The quantitative estimate of drug-likeness (QED) is 0.769. The maximum Gasteiger partial charge on any atom is 0.233 e. The molecule has 0 radical (unpaired) electrons. The van der Waals surface area contributed by atoms with Gasteiger partial charge in [-0.2, -0.15) is 0 Å². The fraction of sp³-hybridized carbons (Fsp3) is 0.278. The van der Waals surface area contributed by atoms with Gasteiger partial charge in [0.1, 0.15) is 11.6 Å². The number of hydrogen-bond acceptors (Lipinski definition) is 1. The number of rotatable bonds is 4. The van der Waals surface area contributed by atoms with Gasteiger partial charge in [0.2, 0.25) is 5.91 Å². The minimum Gasteiger partial charge on any atom is -0.341 e. The minimum absolute atomic E-state index is 0.0523. The first-order valence-electron chi connectivity index (χ1n) is 7.38. The van der Waals surface area contributed by atoms with Crippen molar-refractivity contribution in [3.8, 4) is 0 Å². The van der Waals surface area contributed by atoms with Gasteiger partial charge in [-0.1, -0.05) is 28.1 Å². The van der Waals surface area contributed by atoms with Gasteiger partial charge in [-0.15, -0.1) is 0 Å². The van der Waals surface area contributed by atoms with Crippen LogP contribution in [-0.2, 0) is 16.8 Å². The summed E-state index contributed by atoms with van der Waals surface area (Å²) in [6.07, 6.45) is 1.48. The number of carbonyl (C=O) groups is 1. The molecule has 120 valence electrons. The second-order valence-corrected chi connectivity index (χ2v) is 6.90. The Hall–Kier alpha value is -1.75. The van der Waals surface area contributed by atoms with E-state index in [0.717, 1.165) is 22.9 Å². The largest absolute Gasteiger partial charge is 0.341 e. The van der Waals surface area contributed by atoms with E-state index in [1.165, 1.54) is 18.2 Å². The lowest BCUT2D eigenvalue weighted by Crippen LogP contribution is -2.36. The molecule has 0 unspecified atom stereocenters. The molecule has 0 heterocycles. The monoisotopic (exact) mass is 379 g/mol. The van der Waals surface area contributed by atoms with Crippen molar-refractivity contribution in [1.29, 1.82) is 0 Å². The molecule has 0 spiro atoms. The molecule has 2 nitrogen and oxygen atoms in total. The zero-order valence-electron chi connectivity index (χ0n) is 12.7. The van der Waals surface area contributed by atoms with E-state index in [1.807, 2.05) is 0 Å². The molecule has 0 bridgehead atoms. The summed E-state index contributed by atoms with van der Waals surface area (Å²) in [5.41, 5.74) is 0.709. The summed E-state index contributed by atoms with van der Waals surface area (Å²) in [7, 11) is 1.67. The van der Waals surface area contributed by atoms with Crippen molar-refractivity contribution < 1.29 is 13.6 Å². The summed E-state index contributed by atoms with van der Waals surface area (Å²) in [5.74, 6) is -0.704. The van der Waals surface area contributed by atoms with E-state index in [4.69, 9.17) is 0 Å². The molecule has 2 aromatic carbocycles. The van der Waals surface area contributed by atoms with Crippen LogP contribution in [-0.4, -0.2) is 17.9 Å². The Bertz CT molecular complexity index is 741. The van der Waals surface area contributed by atoms with Crippen molar-refractivity contribution in [3.05, 3.63) is 69.7 Å². The number of amides is 1. The van der Waals surface area contributed by atoms with E-state index in [9.17, 15) is 13.6 Å². The molecule has 5 heteroatoms. The SMILES string of the molecule is CN(Cc1cc(Br)ccc1F)C(=O)C1(c2ccc(F)cc2)CC1. The second kappa shape index (κ2) is 6.04. The molecule has 0 saturated heterocycles. The van der Waals surface area contributed by atoms with Crippen molar-refractivity contribution in [2.45, 2.75) is 24.8 Å². The first kappa shape index (κ1) is 16.1. The molecular formula is C18H16BrF2NO. The lowest BCUT2D eigenvalue weighted by molar-refractivity contribution is -0.133. The number of nitrogens with zero attached hydrogens (tertiary/aromatic N) is 1. The molecule has 1 aliphatic rings. The number of hydrogen-bond donors (Lipinski definition) is 0. The molecule has 0 aromatic heterocycles. The van der Waals surface area contributed by atoms with Crippen molar-refractivity contribution in [1.82, 2.24) is 4.90 Å². The van der Waals surface area contributed by atoms with Crippen molar-refractivity contribution in [2.24, 2.45) is 0 Å². The van der Waals surface area contributed by atoms with Gasteiger partial charge in [0.05, 0.1) is 5.41 Å². The molecule has 0 aliphatic heterocycles. The summed E-state index contributed by atoms with van der Waals surface area (Å²) in [6, 6.07) is 10.7. The maximum atomic E-state index is 13.9. The summed E-state index contributed by atoms with van der Waals surface area (Å²) in [6.45, 7) is 0.201. The second-order valence-electron chi connectivity index (χ2n) is 5.99. The van der Waals surface area contributed by atoms with E-state index in [2.05, 4.69) is 15.9 Å². The molecular weight excluding hydrogens is 364 g/mol. The molecule has 1 aliphatic carbocycles. The van der Waals surface area contributed by atoms with Crippen molar-refractivity contribution in [3.63, 3.8) is 0 Å². The van der Waals surface area contributed by atoms with E-state index < -0.39 is 5.41 Å². The Balaban J connectivity index is 1.79. The van der Waals surface area contributed by atoms with Crippen molar-refractivity contribution >= 4 is 21.8 Å². The van der Waals surface area contributed by atoms with Crippen LogP contribution in [0.15, 0.2) is 46.9 Å². The third-order valence-electron chi connectivity index (χ3n) is 4.32. The van der Waals surface area contributed by atoms with Crippen LogP contribution < -0.4 is 0 Å². The minimum atomic E-state index is -0.578. The van der Waals surface area contributed by atoms with Crippen LogP contribution in [0.3, 0.4) is 0 Å². The molecule has 0 N–H and O–H groups in total. The smallest absolute Gasteiger partial charge is 0.233 e. The van der Waals surface area contributed by atoms with Gasteiger partial charge in [0.25, 0.3) is 0 Å². The molecule has 2 aromatic rings. The summed E-state index contributed by atoms with van der Waals surface area (Å²) >= 11 is 3.31. The van der Waals surface area contributed by atoms with E-state index in [0.29, 0.717) is 5.56 Å². The Kier molecular flexibility index (Phi) is 4.23. The topological polar surface area (TPSA) is 20.3 Å². The van der Waals surface area contributed by atoms with E-state index in [1.54, 1.807) is 36.2 Å². The highest BCUT2D eigenvalue weighted by molar-refractivity contribution is 9.10. The Labute approximate surface area is 142 Å². The highest BCUT2D eigenvalue weighted by Gasteiger charge is 2.52. The summed E-state index contributed by atoms with van der Waals surface area (Å²) < 4.78 is 27.7. The lowest BCUT2D eigenvalue weighted by atomic mass is 9.94. The number of benzene rings is 2. The van der Waals surface area contributed by atoms with Gasteiger partial charge in [-0.05, 0) is 48.7 Å². The maximum absolute atomic E-state index is 13.9. The van der Waals surface area contributed by atoms with Gasteiger partial charge in [0.15, 0.2) is 0 Å². The third-order valence-corrected chi connectivity index (χ3v) is 4.81. The molecule has 23 heavy (non-hydrogen) atoms. The van der Waals surface area contributed by atoms with Crippen LogP contribution in [0.25, 0.3) is 0 Å². The summed E-state index contributed by atoms with van der Waals surface area (Å²) in [4.78, 5) is 14.4. The standard InChI is InChI=1S/C18H16BrF2NO/c1-22(11-12-10-14(19)4-7-16(12)21)17(23)18(8-9-18)13-2-5-15(20)6-3-13/h2-7,10H,8-9,11H2,1H3. The number of likely N-dealkylation sites (N-methyl/N-ethyl adjacent to an activating group) is 1. The highest BCUT2D eigenvalue weighted by Crippen LogP contribution is 2.49. The average molecular weight is 380 g/mol.